The molecule has 4 nitrogen and oxygen atoms in total. The maximum absolute atomic E-state index is 6.08. The van der Waals surface area contributed by atoms with Crippen molar-refractivity contribution < 1.29 is 9.15 Å². The van der Waals surface area contributed by atoms with Crippen molar-refractivity contribution in [3.05, 3.63) is 24.2 Å². The van der Waals surface area contributed by atoms with Crippen molar-refractivity contribution in [2.45, 2.75) is 45.4 Å². The van der Waals surface area contributed by atoms with E-state index < -0.39 is 0 Å². The van der Waals surface area contributed by atoms with Crippen LogP contribution in [0.5, 0.6) is 0 Å². The minimum absolute atomic E-state index is 0.0667. The molecule has 0 aromatic carbocycles. The Bertz CT molecular complexity index is 369. The topological polar surface area (TPSA) is 37.6 Å². The molecule has 0 aliphatic carbocycles. The van der Waals surface area contributed by atoms with E-state index in [0.717, 1.165) is 38.5 Å². The van der Waals surface area contributed by atoms with Crippen molar-refractivity contribution >= 4 is 0 Å². The van der Waals surface area contributed by atoms with Crippen LogP contribution in [-0.4, -0.2) is 42.3 Å². The summed E-state index contributed by atoms with van der Waals surface area (Å²) < 4.78 is 11.4. The molecule has 0 bridgehead atoms. The number of ether oxygens (including phenoxy) is 1. The summed E-state index contributed by atoms with van der Waals surface area (Å²) >= 11 is 0. The van der Waals surface area contributed by atoms with Gasteiger partial charge in [0.2, 0.25) is 0 Å². The second-order valence-corrected chi connectivity index (χ2v) is 6.59. The van der Waals surface area contributed by atoms with Crippen LogP contribution in [0, 0.1) is 0 Å². The molecule has 1 saturated heterocycles. The standard InChI is InChI=1S/C15H26N2O2/c1-14(2)11-17(12-15(3,4)19-14)8-7-16-10-13-6-5-9-18-13/h5-6,9,16H,7-8,10-12H2,1-4H3. The zero-order valence-electron chi connectivity index (χ0n) is 12.5. The molecule has 0 radical (unpaired) electrons. The van der Waals surface area contributed by atoms with Crippen LogP contribution in [-0.2, 0) is 11.3 Å². The molecular formula is C15H26N2O2. The lowest BCUT2D eigenvalue weighted by Gasteiger charge is -2.47. The van der Waals surface area contributed by atoms with Gasteiger partial charge in [-0.1, -0.05) is 0 Å². The lowest BCUT2D eigenvalue weighted by atomic mass is 9.99. The largest absolute Gasteiger partial charge is 0.468 e. The summed E-state index contributed by atoms with van der Waals surface area (Å²) in [5.41, 5.74) is -0.133. The van der Waals surface area contributed by atoms with Crippen molar-refractivity contribution in [1.82, 2.24) is 10.2 Å². The molecule has 108 valence electrons. The Balaban J connectivity index is 1.73. The summed E-state index contributed by atoms with van der Waals surface area (Å²) in [7, 11) is 0. The van der Waals surface area contributed by atoms with Crippen molar-refractivity contribution in [1.29, 1.82) is 0 Å². The highest BCUT2D eigenvalue weighted by molar-refractivity contribution is 4.97. The molecule has 0 saturated carbocycles. The molecule has 2 heterocycles. The van der Waals surface area contributed by atoms with Gasteiger partial charge in [0.05, 0.1) is 24.0 Å². The Kier molecular flexibility index (Phi) is 4.33. The lowest BCUT2D eigenvalue weighted by molar-refractivity contribution is -0.180. The van der Waals surface area contributed by atoms with E-state index in [-0.39, 0.29) is 11.2 Å². The first kappa shape index (κ1) is 14.6. The molecule has 1 aliphatic rings. The van der Waals surface area contributed by atoms with Crippen molar-refractivity contribution in [2.75, 3.05) is 26.2 Å². The highest BCUT2D eigenvalue weighted by Gasteiger charge is 2.37. The van der Waals surface area contributed by atoms with Crippen molar-refractivity contribution in [2.24, 2.45) is 0 Å². The molecule has 4 heteroatoms. The minimum Gasteiger partial charge on any atom is -0.468 e. The highest BCUT2D eigenvalue weighted by atomic mass is 16.5. The van der Waals surface area contributed by atoms with E-state index in [9.17, 15) is 0 Å². The van der Waals surface area contributed by atoms with Gasteiger partial charge in [-0.25, -0.2) is 0 Å². The molecule has 1 aromatic rings. The van der Waals surface area contributed by atoms with Gasteiger partial charge in [0.25, 0.3) is 0 Å². The molecule has 0 amide bonds. The average Bonchev–Trinajstić information content (AvgIpc) is 2.72. The van der Waals surface area contributed by atoms with Gasteiger partial charge in [-0.15, -0.1) is 0 Å². The number of furan rings is 1. The zero-order valence-corrected chi connectivity index (χ0v) is 12.5. The Morgan fingerprint density at radius 3 is 2.47 bits per heavy atom. The number of nitrogens with one attached hydrogen (secondary N) is 1. The SMILES string of the molecule is CC1(C)CN(CCNCc2ccco2)CC(C)(C)O1. The summed E-state index contributed by atoms with van der Waals surface area (Å²) in [6, 6.07) is 3.91. The van der Waals surface area contributed by atoms with Crippen LogP contribution >= 0.6 is 0 Å². The van der Waals surface area contributed by atoms with Crippen LogP contribution < -0.4 is 5.32 Å². The molecule has 1 aliphatic heterocycles. The zero-order chi connectivity index (χ0) is 13.9. The van der Waals surface area contributed by atoms with Gasteiger partial charge in [-0.2, -0.15) is 0 Å². The third-order valence-electron chi connectivity index (χ3n) is 3.25. The summed E-state index contributed by atoms with van der Waals surface area (Å²) in [4.78, 5) is 2.47. The van der Waals surface area contributed by atoms with Crippen molar-refractivity contribution in [3.8, 4) is 0 Å². The van der Waals surface area contributed by atoms with E-state index in [1.165, 1.54) is 0 Å². The third-order valence-corrected chi connectivity index (χ3v) is 3.25. The Hall–Kier alpha value is -0.840. The quantitative estimate of drug-likeness (QED) is 0.830. The molecule has 19 heavy (non-hydrogen) atoms. The number of rotatable bonds is 5. The monoisotopic (exact) mass is 266 g/mol. The molecule has 1 aromatic heterocycles. The molecule has 0 spiro atoms. The van der Waals surface area contributed by atoms with E-state index in [2.05, 4.69) is 37.9 Å². The number of hydrogen-bond donors (Lipinski definition) is 1. The number of morpholine rings is 1. The maximum Gasteiger partial charge on any atom is 0.117 e. The first-order chi connectivity index (χ1) is 8.86. The van der Waals surface area contributed by atoms with Crippen molar-refractivity contribution in [3.63, 3.8) is 0 Å². The maximum atomic E-state index is 6.08. The number of hydrogen-bond acceptors (Lipinski definition) is 4. The molecule has 1 fully saturated rings. The van der Waals surface area contributed by atoms with Gasteiger partial charge in [0.1, 0.15) is 5.76 Å². The average molecular weight is 266 g/mol. The first-order valence-corrected chi connectivity index (χ1v) is 7.02. The third kappa shape index (κ3) is 4.64. The Labute approximate surface area is 116 Å². The fourth-order valence-corrected chi connectivity index (χ4v) is 2.97. The van der Waals surface area contributed by atoms with Crippen LogP contribution in [0.15, 0.2) is 22.8 Å². The summed E-state index contributed by atoms with van der Waals surface area (Å²) in [5, 5.41) is 3.41. The molecule has 1 N–H and O–H groups in total. The molecule has 0 atom stereocenters. The summed E-state index contributed by atoms with van der Waals surface area (Å²) in [5.74, 6) is 0.989. The van der Waals surface area contributed by atoms with E-state index in [1.807, 2.05) is 12.1 Å². The Morgan fingerprint density at radius 1 is 1.21 bits per heavy atom. The van der Waals surface area contributed by atoms with Gasteiger partial charge >= 0.3 is 0 Å². The van der Waals surface area contributed by atoms with Crippen LogP contribution in [0.4, 0.5) is 0 Å². The molecule has 2 rings (SSSR count). The van der Waals surface area contributed by atoms with Crippen LogP contribution in [0.25, 0.3) is 0 Å². The fourth-order valence-electron chi connectivity index (χ4n) is 2.97. The van der Waals surface area contributed by atoms with Crippen LogP contribution in [0.2, 0.25) is 0 Å². The van der Waals surface area contributed by atoms with Gasteiger partial charge in [-0.3, -0.25) is 4.90 Å². The second-order valence-electron chi connectivity index (χ2n) is 6.59. The second kappa shape index (κ2) is 5.65. The predicted molar refractivity (Wildman–Crippen MR) is 76.1 cm³/mol. The predicted octanol–water partition coefficient (Wildman–Crippen LogP) is 2.26. The van der Waals surface area contributed by atoms with E-state index in [1.54, 1.807) is 6.26 Å². The highest BCUT2D eigenvalue weighted by Crippen LogP contribution is 2.27. The van der Waals surface area contributed by atoms with E-state index >= 15 is 0 Å². The smallest absolute Gasteiger partial charge is 0.117 e. The minimum atomic E-state index is -0.0667. The van der Waals surface area contributed by atoms with Gasteiger partial charge in [0.15, 0.2) is 0 Å². The van der Waals surface area contributed by atoms with Crippen LogP contribution in [0.1, 0.15) is 33.5 Å². The summed E-state index contributed by atoms with van der Waals surface area (Å²) in [6.07, 6.45) is 1.71. The van der Waals surface area contributed by atoms with Gasteiger partial charge < -0.3 is 14.5 Å². The van der Waals surface area contributed by atoms with Gasteiger partial charge in [-0.05, 0) is 39.8 Å². The normalized spacial score (nSPS) is 22.5. The van der Waals surface area contributed by atoms with Crippen LogP contribution in [0.3, 0.4) is 0 Å². The van der Waals surface area contributed by atoms with E-state index in [4.69, 9.17) is 9.15 Å². The van der Waals surface area contributed by atoms with Gasteiger partial charge in [0, 0.05) is 26.2 Å². The molecular weight excluding hydrogens is 240 g/mol. The summed E-state index contributed by atoms with van der Waals surface area (Å²) in [6.45, 7) is 13.4. The lowest BCUT2D eigenvalue weighted by Crippen LogP contribution is -2.58. The van der Waals surface area contributed by atoms with E-state index in [0.29, 0.717) is 0 Å². The number of nitrogens with zero attached hydrogens (tertiary/aromatic N) is 1. The Morgan fingerprint density at radius 2 is 1.89 bits per heavy atom. The fraction of sp³-hybridized carbons (Fsp3) is 0.733. The first-order valence-electron chi connectivity index (χ1n) is 7.02. The molecule has 0 unspecified atom stereocenters.